The first-order valence-electron chi connectivity index (χ1n) is 6.57. The zero-order chi connectivity index (χ0) is 12.1. The van der Waals surface area contributed by atoms with Crippen molar-refractivity contribution in [1.82, 2.24) is 0 Å². The monoisotopic (exact) mass is 232 g/mol. The quantitative estimate of drug-likeness (QED) is 0.841. The van der Waals surface area contributed by atoms with Gasteiger partial charge in [0.2, 0.25) is 0 Å². The van der Waals surface area contributed by atoms with E-state index in [1.54, 1.807) is 0 Å². The molecule has 0 aliphatic heterocycles. The lowest BCUT2D eigenvalue weighted by Crippen LogP contribution is -2.23. The summed E-state index contributed by atoms with van der Waals surface area (Å²) in [6.07, 6.45) is 6.49. The van der Waals surface area contributed by atoms with Crippen LogP contribution in [0.5, 0.6) is 0 Å². The van der Waals surface area contributed by atoms with Gasteiger partial charge in [-0.3, -0.25) is 4.79 Å². The van der Waals surface area contributed by atoms with Crippen LogP contribution in [0.15, 0.2) is 30.3 Å². The number of carboxylic acids is 1. The molecule has 0 amide bonds. The van der Waals surface area contributed by atoms with Gasteiger partial charge in [-0.05, 0) is 24.3 Å². The highest BCUT2D eigenvalue weighted by Crippen LogP contribution is 2.35. The van der Waals surface area contributed by atoms with Crippen LogP contribution in [-0.2, 0) is 4.79 Å². The van der Waals surface area contributed by atoms with E-state index in [1.165, 1.54) is 18.4 Å². The molecule has 0 bridgehead atoms. The SMILES string of the molecule is O=C(O)[C@@H]1CCCCCC[C@@H]1c1ccccc1. The molecule has 1 N–H and O–H groups in total. The van der Waals surface area contributed by atoms with Crippen molar-refractivity contribution in [3.63, 3.8) is 0 Å². The van der Waals surface area contributed by atoms with Crippen molar-refractivity contribution in [2.24, 2.45) is 5.92 Å². The summed E-state index contributed by atoms with van der Waals surface area (Å²) < 4.78 is 0. The van der Waals surface area contributed by atoms with Gasteiger partial charge in [0, 0.05) is 0 Å². The number of aliphatic carboxylic acids is 1. The highest BCUT2D eigenvalue weighted by molar-refractivity contribution is 5.71. The first-order valence-corrected chi connectivity index (χ1v) is 6.57. The van der Waals surface area contributed by atoms with E-state index in [0.29, 0.717) is 0 Å². The van der Waals surface area contributed by atoms with Crippen LogP contribution in [-0.4, -0.2) is 11.1 Å². The standard InChI is InChI=1S/C15H20O2/c16-15(17)14-11-7-2-1-6-10-13(14)12-8-4-3-5-9-12/h3-5,8-9,13-14H,1-2,6-7,10-11H2,(H,16,17)/t13-,14-/m1/s1. The number of benzene rings is 1. The lowest BCUT2D eigenvalue weighted by molar-refractivity contribution is -0.143. The first kappa shape index (κ1) is 12.2. The molecule has 0 radical (unpaired) electrons. The maximum absolute atomic E-state index is 11.4. The average molecular weight is 232 g/mol. The molecule has 0 spiro atoms. The van der Waals surface area contributed by atoms with Gasteiger partial charge in [-0.25, -0.2) is 0 Å². The average Bonchev–Trinajstić information content (AvgIpc) is 2.29. The maximum atomic E-state index is 11.4. The Morgan fingerprint density at radius 3 is 2.29 bits per heavy atom. The molecule has 92 valence electrons. The van der Waals surface area contributed by atoms with Gasteiger partial charge in [-0.15, -0.1) is 0 Å². The molecule has 0 saturated heterocycles. The van der Waals surface area contributed by atoms with Crippen molar-refractivity contribution in [3.05, 3.63) is 35.9 Å². The summed E-state index contributed by atoms with van der Waals surface area (Å²) in [4.78, 5) is 11.4. The third-order valence-corrected chi connectivity index (χ3v) is 3.81. The lowest BCUT2D eigenvalue weighted by Gasteiger charge is -2.26. The van der Waals surface area contributed by atoms with Gasteiger partial charge in [0.05, 0.1) is 5.92 Å². The van der Waals surface area contributed by atoms with Gasteiger partial charge < -0.3 is 5.11 Å². The largest absolute Gasteiger partial charge is 0.481 e. The van der Waals surface area contributed by atoms with Crippen molar-refractivity contribution in [1.29, 1.82) is 0 Å². The fraction of sp³-hybridized carbons (Fsp3) is 0.533. The summed E-state index contributed by atoms with van der Waals surface area (Å²) in [5.74, 6) is -0.618. The first-order chi connectivity index (χ1) is 8.29. The Morgan fingerprint density at radius 2 is 1.65 bits per heavy atom. The molecule has 0 aromatic heterocycles. The molecule has 2 heteroatoms. The van der Waals surface area contributed by atoms with Gasteiger partial charge >= 0.3 is 5.97 Å². The van der Waals surface area contributed by atoms with Gasteiger partial charge in [0.1, 0.15) is 0 Å². The fourth-order valence-electron chi connectivity index (χ4n) is 2.88. The van der Waals surface area contributed by atoms with Crippen LogP contribution in [0.2, 0.25) is 0 Å². The summed E-state index contributed by atoms with van der Waals surface area (Å²) in [5, 5.41) is 9.39. The van der Waals surface area contributed by atoms with Gasteiger partial charge in [-0.1, -0.05) is 56.0 Å². The van der Waals surface area contributed by atoms with Crippen molar-refractivity contribution < 1.29 is 9.90 Å². The van der Waals surface area contributed by atoms with E-state index in [4.69, 9.17) is 0 Å². The summed E-state index contributed by atoms with van der Waals surface area (Å²) >= 11 is 0. The van der Waals surface area contributed by atoms with E-state index in [1.807, 2.05) is 18.2 Å². The summed E-state index contributed by atoms with van der Waals surface area (Å²) in [5.41, 5.74) is 1.20. The molecule has 1 saturated carbocycles. The Balaban J connectivity index is 2.21. The number of hydrogen-bond acceptors (Lipinski definition) is 1. The Hall–Kier alpha value is -1.31. The molecule has 1 aromatic rings. The van der Waals surface area contributed by atoms with Crippen LogP contribution in [0.25, 0.3) is 0 Å². The van der Waals surface area contributed by atoms with Gasteiger partial charge in [0.25, 0.3) is 0 Å². The van der Waals surface area contributed by atoms with E-state index in [0.717, 1.165) is 25.7 Å². The second-order valence-electron chi connectivity index (χ2n) is 4.95. The van der Waals surface area contributed by atoms with E-state index in [2.05, 4.69) is 12.1 Å². The Kier molecular flexibility index (Phi) is 4.18. The Bertz CT molecular complexity index is 358. The predicted molar refractivity (Wildman–Crippen MR) is 68.0 cm³/mol. The molecule has 1 aliphatic rings. The summed E-state index contributed by atoms with van der Waals surface area (Å²) in [7, 11) is 0. The second-order valence-corrected chi connectivity index (χ2v) is 4.95. The molecule has 1 aromatic carbocycles. The number of carbonyl (C=O) groups is 1. The third-order valence-electron chi connectivity index (χ3n) is 3.81. The second kappa shape index (κ2) is 5.85. The molecule has 2 rings (SSSR count). The molecule has 0 heterocycles. The molecular weight excluding hydrogens is 212 g/mol. The minimum Gasteiger partial charge on any atom is -0.481 e. The minimum absolute atomic E-state index is 0.197. The van der Waals surface area contributed by atoms with Crippen molar-refractivity contribution >= 4 is 5.97 Å². The Morgan fingerprint density at radius 1 is 1.00 bits per heavy atom. The smallest absolute Gasteiger partial charge is 0.307 e. The van der Waals surface area contributed by atoms with Crippen LogP contribution in [0.1, 0.15) is 50.0 Å². The van der Waals surface area contributed by atoms with Crippen LogP contribution < -0.4 is 0 Å². The molecule has 1 aliphatic carbocycles. The van der Waals surface area contributed by atoms with Crippen LogP contribution in [0.3, 0.4) is 0 Å². The van der Waals surface area contributed by atoms with E-state index >= 15 is 0 Å². The highest BCUT2D eigenvalue weighted by Gasteiger charge is 2.29. The van der Waals surface area contributed by atoms with E-state index in [-0.39, 0.29) is 11.8 Å². The lowest BCUT2D eigenvalue weighted by atomic mass is 9.78. The fourth-order valence-corrected chi connectivity index (χ4v) is 2.88. The van der Waals surface area contributed by atoms with E-state index in [9.17, 15) is 9.90 Å². The van der Waals surface area contributed by atoms with Gasteiger partial charge in [-0.2, -0.15) is 0 Å². The number of hydrogen-bond donors (Lipinski definition) is 1. The third kappa shape index (κ3) is 3.09. The summed E-state index contributed by atoms with van der Waals surface area (Å²) in [6, 6.07) is 10.1. The molecule has 0 unspecified atom stereocenters. The minimum atomic E-state index is -0.624. The zero-order valence-electron chi connectivity index (χ0n) is 10.1. The predicted octanol–water partition coefficient (Wildman–Crippen LogP) is 3.83. The zero-order valence-corrected chi connectivity index (χ0v) is 10.1. The van der Waals surface area contributed by atoms with Crippen LogP contribution in [0.4, 0.5) is 0 Å². The number of carboxylic acid groups (broad SMARTS) is 1. The molecular formula is C15H20O2. The summed E-state index contributed by atoms with van der Waals surface area (Å²) in [6.45, 7) is 0. The number of rotatable bonds is 2. The van der Waals surface area contributed by atoms with E-state index < -0.39 is 5.97 Å². The highest BCUT2D eigenvalue weighted by atomic mass is 16.4. The van der Waals surface area contributed by atoms with Crippen molar-refractivity contribution in [2.75, 3.05) is 0 Å². The Labute approximate surface area is 103 Å². The molecule has 1 fully saturated rings. The van der Waals surface area contributed by atoms with Crippen LogP contribution >= 0.6 is 0 Å². The maximum Gasteiger partial charge on any atom is 0.307 e. The molecule has 2 nitrogen and oxygen atoms in total. The van der Waals surface area contributed by atoms with Crippen molar-refractivity contribution in [2.45, 2.75) is 44.4 Å². The molecule has 17 heavy (non-hydrogen) atoms. The van der Waals surface area contributed by atoms with Crippen LogP contribution in [0, 0.1) is 5.92 Å². The van der Waals surface area contributed by atoms with Gasteiger partial charge in [0.15, 0.2) is 0 Å². The normalized spacial score (nSPS) is 25.9. The van der Waals surface area contributed by atoms with Crippen molar-refractivity contribution in [3.8, 4) is 0 Å². The molecule has 2 atom stereocenters. The topological polar surface area (TPSA) is 37.3 Å².